The Labute approximate surface area is 354 Å². The number of aliphatic hydroxyl groups is 1. The maximum atomic E-state index is 13.5. The van der Waals surface area contributed by atoms with Crippen LogP contribution < -0.4 is 20.3 Å². The summed E-state index contributed by atoms with van der Waals surface area (Å²) in [7, 11) is -2.57. The van der Waals surface area contributed by atoms with Crippen molar-refractivity contribution in [2.45, 2.75) is 73.2 Å². The molecule has 2 heterocycles. The minimum absolute atomic E-state index is 0.150. The smallest absolute Gasteiger partial charge is 0.400 e. The van der Waals surface area contributed by atoms with Crippen molar-refractivity contribution < 1.29 is 31.5 Å². The molecule has 0 aliphatic carbocycles. The number of nitrogens with zero attached hydrogens (tertiary/aromatic N) is 3. The number of nitrogens with one attached hydrogen (secondary N) is 3. The number of thioether (sulfide) groups is 1. The number of carbonyl (C=O) groups excluding carboxylic acids is 1. The lowest BCUT2D eigenvalue weighted by atomic mass is 10.1. The van der Waals surface area contributed by atoms with E-state index in [1.54, 1.807) is 12.1 Å². The fourth-order valence-electron chi connectivity index (χ4n) is 6.00. The predicted molar refractivity (Wildman–Crippen MR) is 239 cm³/mol. The van der Waals surface area contributed by atoms with E-state index in [2.05, 4.69) is 64.1 Å². The first-order valence-electron chi connectivity index (χ1n) is 19.7. The zero-order valence-corrected chi connectivity index (χ0v) is 37.4. The third kappa shape index (κ3) is 17.5. The molecule has 0 bridgehead atoms. The van der Waals surface area contributed by atoms with Crippen LogP contribution >= 0.6 is 23.7 Å². The normalized spacial score (nSPS) is 14.8. The number of hydrogen-bond acceptors (Lipinski definition) is 11. The van der Waals surface area contributed by atoms with Crippen LogP contribution in [0.5, 0.6) is 0 Å². The van der Waals surface area contributed by atoms with Crippen LogP contribution in [-0.2, 0) is 9.84 Å². The van der Waals surface area contributed by atoms with Crippen LogP contribution in [0.1, 0.15) is 57.3 Å². The van der Waals surface area contributed by atoms with E-state index in [-0.39, 0.29) is 17.1 Å². The highest BCUT2D eigenvalue weighted by molar-refractivity contribution is 7.99. The van der Waals surface area contributed by atoms with Gasteiger partial charge in [0.2, 0.25) is 0 Å². The van der Waals surface area contributed by atoms with Gasteiger partial charge < -0.3 is 25.5 Å². The molecule has 4 N–H and O–H groups in total. The van der Waals surface area contributed by atoms with E-state index in [0.29, 0.717) is 11.3 Å². The summed E-state index contributed by atoms with van der Waals surface area (Å²) in [6.07, 6.45) is 3.77. The summed E-state index contributed by atoms with van der Waals surface area (Å²) in [6, 6.07) is 21.1. The SMILES string of the molecule is C=C.CC.CCCN1CCN(c2ccc(C(=O)NSc3ccc(NCCSc4ccccc4)c(S(=O)(=O)C(F)(F)F)c3)cc2)CC1.CCN1CCC(NC)CC1.CO. The standard InChI is InChI=1S/C29H33F3N4O3S3.C8H18N2.C2H6.C2H4.CH4O/c1-2-15-35-16-18-36(19-17-35)23-10-8-22(9-11-23)28(37)34-41-25-12-13-26(27(21-25)42(38,39)29(30,31)32)33-14-20-40-24-6-4-3-5-7-24;1-3-10-6-4-8(9-2)5-7-10;3*1-2/h3-13,21,33H,2,14-20H2,1H3,(H,34,37);8-9H,3-7H2,1-2H3;1-2H3;1-2H2;2H,1H3. The van der Waals surface area contributed by atoms with E-state index < -0.39 is 26.1 Å². The second-order valence-corrected chi connectivity index (χ2v) is 16.6. The van der Waals surface area contributed by atoms with Gasteiger partial charge in [-0.1, -0.05) is 45.9 Å². The Morgan fingerprint density at radius 1 is 0.862 bits per heavy atom. The molecule has 0 spiro atoms. The van der Waals surface area contributed by atoms with Gasteiger partial charge in [-0.15, -0.1) is 24.9 Å². The first-order chi connectivity index (χ1) is 27.9. The molecule has 0 saturated carbocycles. The van der Waals surface area contributed by atoms with Crippen LogP contribution in [0, 0.1) is 0 Å². The Morgan fingerprint density at radius 2 is 1.47 bits per heavy atom. The van der Waals surface area contributed by atoms with Gasteiger partial charge in [-0.25, -0.2) is 8.42 Å². The number of halogens is 3. The van der Waals surface area contributed by atoms with Crippen LogP contribution in [0.25, 0.3) is 0 Å². The van der Waals surface area contributed by atoms with Crippen molar-refractivity contribution >= 4 is 50.8 Å². The number of rotatable bonds is 14. The van der Waals surface area contributed by atoms with Crippen molar-refractivity contribution in [2.24, 2.45) is 0 Å². The fraction of sp³-hybridized carbons (Fsp3) is 0.500. The molecule has 0 atom stereocenters. The van der Waals surface area contributed by atoms with Crippen molar-refractivity contribution in [3.63, 3.8) is 0 Å². The number of benzene rings is 3. The quantitative estimate of drug-likeness (QED) is 0.0543. The van der Waals surface area contributed by atoms with Gasteiger partial charge in [-0.3, -0.25) is 14.4 Å². The molecule has 2 saturated heterocycles. The number of likely N-dealkylation sites (tertiary alicyclic amines) is 1. The van der Waals surface area contributed by atoms with Crippen molar-refractivity contribution in [2.75, 3.05) is 89.0 Å². The second kappa shape index (κ2) is 29.1. The van der Waals surface area contributed by atoms with E-state index in [1.807, 2.05) is 56.3 Å². The summed E-state index contributed by atoms with van der Waals surface area (Å²) in [5.74, 6) is 0.0651. The third-order valence-corrected chi connectivity index (χ3v) is 12.4. The van der Waals surface area contributed by atoms with Crippen molar-refractivity contribution in [3.8, 4) is 0 Å². The van der Waals surface area contributed by atoms with Gasteiger partial charge in [0.05, 0.1) is 5.69 Å². The van der Waals surface area contributed by atoms with E-state index in [4.69, 9.17) is 5.11 Å². The molecule has 2 aliphatic heterocycles. The molecule has 5 rings (SSSR count). The van der Waals surface area contributed by atoms with E-state index in [0.717, 1.165) is 80.9 Å². The van der Waals surface area contributed by atoms with Gasteiger partial charge in [0, 0.05) is 72.7 Å². The minimum atomic E-state index is -5.64. The van der Waals surface area contributed by atoms with Crippen molar-refractivity contribution in [1.82, 2.24) is 19.8 Å². The van der Waals surface area contributed by atoms with Crippen LogP contribution in [-0.4, -0.2) is 120 Å². The van der Waals surface area contributed by atoms with E-state index in [1.165, 1.54) is 56.4 Å². The molecule has 2 fully saturated rings. The van der Waals surface area contributed by atoms with Gasteiger partial charge in [-0.05, 0) is 119 Å². The number of amides is 1. The molecule has 326 valence electrons. The molecule has 10 nitrogen and oxygen atoms in total. The van der Waals surface area contributed by atoms with Gasteiger partial charge >= 0.3 is 5.51 Å². The average molecular weight is 871 g/mol. The lowest BCUT2D eigenvalue weighted by Crippen LogP contribution is -2.46. The molecule has 0 radical (unpaired) electrons. The van der Waals surface area contributed by atoms with Crippen LogP contribution in [0.15, 0.2) is 101 Å². The first kappa shape index (κ1) is 52.8. The summed E-state index contributed by atoms with van der Waals surface area (Å²) in [4.78, 5) is 20.2. The monoisotopic (exact) mass is 870 g/mol. The number of aliphatic hydroxyl groups excluding tert-OH is 1. The number of carbonyl (C=O) groups is 1. The summed E-state index contributed by atoms with van der Waals surface area (Å²) in [5, 5.41) is 13.1. The number of piperazine rings is 1. The predicted octanol–water partition coefficient (Wildman–Crippen LogP) is 8.28. The average Bonchev–Trinajstić information content (AvgIpc) is 3.27. The summed E-state index contributed by atoms with van der Waals surface area (Å²) in [5.41, 5.74) is -4.22. The molecule has 2 aliphatic rings. The highest BCUT2D eigenvalue weighted by Gasteiger charge is 2.48. The molecular weight excluding hydrogens is 806 g/mol. The molecule has 0 unspecified atom stereocenters. The molecule has 3 aromatic rings. The Bertz CT molecular complexity index is 1640. The number of alkyl halides is 3. The molecule has 0 aromatic heterocycles. The van der Waals surface area contributed by atoms with Gasteiger partial charge in [0.1, 0.15) is 4.90 Å². The molecule has 3 aromatic carbocycles. The molecule has 58 heavy (non-hydrogen) atoms. The summed E-state index contributed by atoms with van der Waals surface area (Å²) in [6.45, 7) is 23.3. The summed E-state index contributed by atoms with van der Waals surface area (Å²) >= 11 is 2.25. The van der Waals surface area contributed by atoms with Crippen LogP contribution in [0.4, 0.5) is 24.5 Å². The largest absolute Gasteiger partial charge is 0.501 e. The van der Waals surface area contributed by atoms with Gasteiger partial charge in [0.25, 0.3) is 15.7 Å². The number of sulfone groups is 1. The maximum Gasteiger partial charge on any atom is 0.501 e. The van der Waals surface area contributed by atoms with Crippen LogP contribution in [0.2, 0.25) is 0 Å². The van der Waals surface area contributed by atoms with E-state index in [9.17, 15) is 26.4 Å². The minimum Gasteiger partial charge on any atom is -0.400 e. The Morgan fingerprint density at radius 3 is 2.00 bits per heavy atom. The third-order valence-electron chi connectivity index (χ3n) is 9.09. The Kier molecular flexibility index (Phi) is 26.4. The highest BCUT2D eigenvalue weighted by atomic mass is 32.2. The molecule has 1 amide bonds. The number of piperidine rings is 1. The zero-order chi connectivity index (χ0) is 43.6. The van der Waals surface area contributed by atoms with Gasteiger partial charge in [0.15, 0.2) is 0 Å². The summed E-state index contributed by atoms with van der Waals surface area (Å²) < 4.78 is 67.8. The van der Waals surface area contributed by atoms with Gasteiger partial charge in [-0.2, -0.15) is 13.2 Å². The first-order valence-corrected chi connectivity index (χ1v) is 23.0. The molecular formula is C42H65F3N6O4S3. The van der Waals surface area contributed by atoms with E-state index >= 15 is 0 Å². The fourth-order valence-corrected chi connectivity index (χ4v) is 8.47. The zero-order valence-electron chi connectivity index (χ0n) is 35.0. The van der Waals surface area contributed by atoms with Crippen molar-refractivity contribution in [1.29, 1.82) is 0 Å². The highest BCUT2D eigenvalue weighted by Crippen LogP contribution is 2.36. The second-order valence-electron chi connectivity index (χ2n) is 12.6. The Hall–Kier alpha value is -3.25. The number of hydrogen-bond donors (Lipinski definition) is 4. The Balaban J connectivity index is 0.000000892. The lowest BCUT2D eigenvalue weighted by Gasteiger charge is -2.36. The van der Waals surface area contributed by atoms with Crippen molar-refractivity contribution in [3.05, 3.63) is 91.5 Å². The van der Waals surface area contributed by atoms with Crippen LogP contribution in [0.3, 0.4) is 0 Å². The maximum absolute atomic E-state index is 13.5. The lowest BCUT2D eigenvalue weighted by molar-refractivity contribution is -0.0435. The topological polar surface area (TPSA) is 117 Å². The molecule has 16 heteroatoms. The number of anilines is 2.